The Morgan fingerprint density at radius 3 is 2.11 bits per heavy atom. The van der Waals surface area contributed by atoms with Crippen molar-refractivity contribution in [3.8, 4) is 11.8 Å². The Balaban J connectivity index is 0.000000550. The van der Waals surface area contributed by atoms with Gasteiger partial charge in [0, 0.05) is 26.2 Å². The molecule has 0 radical (unpaired) electrons. The van der Waals surface area contributed by atoms with Gasteiger partial charge in [0.2, 0.25) is 0 Å². The predicted molar refractivity (Wildman–Crippen MR) is 83.4 cm³/mol. The highest BCUT2D eigenvalue weighted by Crippen LogP contribution is 2.20. The highest BCUT2D eigenvalue weighted by atomic mass is 32.1. The fourth-order valence-corrected chi connectivity index (χ4v) is 2.16. The van der Waals surface area contributed by atoms with Crippen LogP contribution in [0.4, 0.5) is 0 Å². The van der Waals surface area contributed by atoms with Crippen molar-refractivity contribution < 1.29 is 4.79 Å². The van der Waals surface area contributed by atoms with Crippen molar-refractivity contribution in [3.63, 3.8) is 0 Å². The van der Waals surface area contributed by atoms with Gasteiger partial charge in [-0.2, -0.15) is 12.6 Å². The van der Waals surface area contributed by atoms with E-state index in [-0.39, 0.29) is 11.4 Å². The fraction of sp³-hybridized carbons (Fsp3) is 0.800. The zero-order valence-corrected chi connectivity index (χ0v) is 13.3. The Morgan fingerprint density at radius 2 is 1.68 bits per heavy atom. The zero-order chi connectivity index (χ0) is 14.3. The number of nitrogens with zero attached hydrogens (tertiary/aromatic N) is 2. The van der Waals surface area contributed by atoms with Crippen molar-refractivity contribution in [3.05, 3.63) is 0 Å². The molecule has 1 amide bonds. The molecular formula is C15H26N2OS. The molecule has 19 heavy (non-hydrogen) atoms. The maximum absolute atomic E-state index is 11.8. The van der Waals surface area contributed by atoms with Gasteiger partial charge in [-0.25, -0.2) is 0 Å². The second-order valence-corrected chi connectivity index (χ2v) is 6.10. The minimum absolute atomic E-state index is 0.00565. The maximum Gasteiger partial charge on any atom is 0.298 e. The third kappa shape index (κ3) is 5.08. The first-order chi connectivity index (χ1) is 9.01. The number of carbonyl (C=O) groups excluding carboxylic acids is 1. The van der Waals surface area contributed by atoms with Gasteiger partial charge in [-0.15, -0.1) is 0 Å². The lowest BCUT2D eigenvalue weighted by molar-refractivity contribution is -0.124. The van der Waals surface area contributed by atoms with Crippen molar-refractivity contribution in [1.82, 2.24) is 9.80 Å². The van der Waals surface area contributed by atoms with Crippen LogP contribution in [0.1, 0.15) is 40.0 Å². The first-order valence-corrected chi connectivity index (χ1v) is 7.82. The second-order valence-electron chi connectivity index (χ2n) is 5.47. The molecule has 0 spiro atoms. The molecule has 0 aromatic carbocycles. The van der Waals surface area contributed by atoms with Crippen LogP contribution in [0.5, 0.6) is 0 Å². The van der Waals surface area contributed by atoms with E-state index in [2.05, 4.69) is 43.2 Å². The van der Waals surface area contributed by atoms with Crippen LogP contribution < -0.4 is 0 Å². The lowest BCUT2D eigenvalue weighted by Gasteiger charge is -2.41. The second kappa shape index (κ2) is 7.81. The Labute approximate surface area is 123 Å². The van der Waals surface area contributed by atoms with Gasteiger partial charge < -0.3 is 4.90 Å². The summed E-state index contributed by atoms with van der Waals surface area (Å²) in [6, 6.07) is 0. The molecule has 2 fully saturated rings. The molecule has 0 aromatic heterocycles. The predicted octanol–water partition coefficient (Wildman–Crippen LogP) is 2.03. The lowest BCUT2D eigenvalue weighted by Crippen LogP contribution is -2.51. The minimum atomic E-state index is -0.145. The Morgan fingerprint density at radius 1 is 1.16 bits per heavy atom. The summed E-state index contributed by atoms with van der Waals surface area (Å²) in [5.74, 6) is 6.88. The van der Waals surface area contributed by atoms with E-state index in [1.54, 1.807) is 0 Å². The van der Waals surface area contributed by atoms with Gasteiger partial charge in [-0.3, -0.25) is 9.69 Å². The average Bonchev–Trinajstić information content (AvgIpc) is 2.77. The van der Waals surface area contributed by atoms with E-state index in [1.165, 1.54) is 6.42 Å². The first kappa shape index (κ1) is 16.4. The molecule has 2 aliphatic heterocycles. The third-order valence-electron chi connectivity index (χ3n) is 3.52. The number of hydrogen-bond donors (Lipinski definition) is 1. The minimum Gasteiger partial charge on any atom is -0.332 e. The molecule has 2 aliphatic rings. The molecular weight excluding hydrogens is 256 g/mol. The lowest BCUT2D eigenvalue weighted by atomic mass is 9.99. The van der Waals surface area contributed by atoms with Crippen molar-refractivity contribution in [2.24, 2.45) is 0 Å². The van der Waals surface area contributed by atoms with Crippen LogP contribution in [0.25, 0.3) is 0 Å². The van der Waals surface area contributed by atoms with Crippen LogP contribution >= 0.6 is 12.6 Å². The molecule has 0 N–H and O–H groups in total. The van der Waals surface area contributed by atoms with Crippen LogP contribution in [0, 0.1) is 11.8 Å². The Bertz CT molecular complexity index is 347. The summed E-state index contributed by atoms with van der Waals surface area (Å²) in [4.78, 5) is 15.9. The zero-order valence-electron chi connectivity index (χ0n) is 12.4. The number of thiol groups is 1. The number of rotatable bonds is 1. The molecule has 0 bridgehead atoms. The van der Waals surface area contributed by atoms with Gasteiger partial charge in [-0.1, -0.05) is 12.8 Å². The summed E-state index contributed by atoms with van der Waals surface area (Å²) in [5.41, 5.74) is -0.145. The largest absolute Gasteiger partial charge is 0.332 e. The van der Waals surface area contributed by atoms with Crippen LogP contribution in [-0.4, -0.2) is 53.2 Å². The topological polar surface area (TPSA) is 23.6 Å². The highest BCUT2D eigenvalue weighted by Gasteiger charge is 2.29. The highest BCUT2D eigenvalue weighted by molar-refractivity contribution is 7.80. The molecule has 0 aromatic rings. The number of hydrogen-bond acceptors (Lipinski definition) is 3. The van der Waals surface area contributed by atoms with Crippen molar-refractivity contribution in [1.29, 1.82) is 0 Å². The van der Waals surface area contributed by atoms with E-state index in [0.29, 0.717) is 0 Å². The standard InChI is InChI=1S/C13H20N2O.C2H6S/c1-13(2,15-10-5-11-15)7-6-12(16)14-8-3-4-9-14;1-2-3/h3-5,8-11H2,1-2H3;3H,2H2,1H3. The van der Waals surface area contributed by atoms with E-state index in [4.69, 9.17) is 0 Å². The summed E-state index contributed by atoms with van der Waals surface area (Å²) >= 11 is 3.79. The Hall–Kier alpha value is -0.660. The monoisotopic (exact) mass is 282 g/mol. The molecule has 2 heterocycles. The summed E-state index contributed by atoms with van der Waals surface area (Å²) in [5, 5.41) is 0. The van der Waals surface area contributed by atoms with Crippen LogP contribution in [0.15, 0.2) is 0 Å². The average molecular weight is 282 g/mol. The summed E-state index contributed by atoms with van der Waals surface area (Å²) < 4.78 is 0. The van der Waals surface area contributed by atoms with Crippen LogP contribution in [0.2, 0.25) is 0 Å². The molecule has 2 rings (SSSR count). The fourth-order valence-electron chi connectivity index (χ4n) is 2.16. The summed E-state index contributed by atoms with van der Waals surface area (Å²) in [6.45, 7) is 10.2. The molecule has 0 saturated carbocycles. The van der Waals surface area contributed by atoms with Gasteiger partial charge in [0.25, 0.3) is 5.91 Å². The van der Waals surface area contributed by atoms with E-state index < -0.39 is 0 Å². The molecule has 4 heteroatoms. The maximum atomic E-state index is 11.8. The van der Waals surface area contributed by atoms with Crippen LogP contribution in [0.3, 0.4) is 0 Å². The summed E-state index contributed by atoms with van der Waals surface area (Å²) in [6.07, 6.45) is 3.51. The van der Waals surface area contributed by atoms with Gasteiger partial charge >= 0.3 is 0 Å². The van der Waals surface area contributed by atoms with E-state index in [1.807, 2.05) is 11.8 Å². The molecule has 0 unspecified atom stereocenters. The molecule has 108 valence electrons. The SMILES string of the molecule is CC(C)(C#CC(=O)N1CCCC1)N1CCC1.CCS. The van der Waals surface area contributed by atoms with E-state index in [0.717, 1.165) is 44.8 Å². The van der Waals surface area contributed by atoms with Gasteiger partial charge in [-0.05, 0) is 44.8 Å². The molecule has 0 aliphatic carbocycles. The number of likely N-dealkylation sites (tertiary alicyclic amines) is 2. The van der Waals surface area contributed by atoms with E-state index >= 15 is 0 Å². The summed E-state index contributed by atoms with van der Waals surface area (Å²) in [7, 11) is 0. The number of carbonyl (C=O) groups is 1. The van der Waals surface area contributed by atoms with Gasteiger partial charge in [0.15, 0.2) is 0 Å². The first-order valence-electron chi connectivity index (χ1n) is 7.19. The molecule has 0 atom stereocenters. The number of amides is 1. The Kier molecular flexibility index (Phi) is 6.74. The van der Waals surface area contributed by atoms with E-state index in [9.17, 15) is 4.79 Å². The quantitative estimate of drug-likeness (QED) is 0.588. The third-order valence-corrected chi connectivity index (χ3v) is 3.52. The van der Waals surface area contributed by atoms with Crippen molar-refractivity contribution in [2.45, 2.75) is 45.6 Å². The molecule has 3 nitrogen and oxygen atoms in total. The smallest absolute Gasteiger partial charge is 0.298 e. The van der Waals surface area contributed by atoms with Gasteiger partial charge in [0.05, 0.1) is 5.54 Å². The molecule has 2 saturated heterocycles. The normalized spacial score (nSPS) is 18.8. The van der Waals surface area contributed by atoms with Crippen LogP contribution in [-0.2, 0) is 4.79 Å². The van der Waals surface area contributed by atoms with Gasteiger partial charge in [0.1, 0.15) is 0 Å². The van der Waals surface area contributed by atoms with Crippen molar-refractivity contribution >= 4 is 18.5 Å². The van der Waals surface area contributed by atoms with Crippen molar-refractivity contribution in [2.75, 3.05) is 31.9 Å².